The molecule has 0 unspecified atom stereocenters. The molecule has 0 atom stereocenters. The van der Waals surface area contributed by atoms with Gasteiger partial charge in [-0.1, -0.05) is 26.0 Å². The Kier molecular flexibility index (Phi) is 6.58. The summed E-state index contributed by atoms with van der Waals surface area (Å²) in [6.07, 6.45) is 0. The number of nitrogens with one attached hydrogen (secondary N) is 1. The van der Waals surface area contributed by atoms with E-state index in [0.717, 1.165) is 4.88 Å². The molecule has 1 aromatic carbocycles. The second-order valence-corrected chi connectivity index (χ2v) is 6.73. The van der Waals surface area contributed by atoms with Crippen LogP contribution in [-0.2, 0) is 4.74 Å². The number of rotatable bonds is 7. The number of anilines is 1. The SMILES string of the molecule is CCOC(=O)c1cc(C(C)C)sc1NC(=O)c1ccccc1OCC. The average Bonchev–Trinajstić information content (AvgIpc) is 3.00. The highest BCUT2D eigenvalue weighted by Crippen LogP contribution is 2.34. The largest absolute Gasteiger partial charge is 0.493 e. The first-order chi connectivity index (χ1) is 12.0. The second-order valence-electron chi connectivity index (χ2n) is 5.65. The van der Waals surface area contributed by atoms with Gasteiger partial charge >= 0.3 is 5.97 Å². The van der Waals surface area contributed by atoms with Crippen molar-refractivity contribution in [2.75, 3.05) is 18.5 Å². The highest BCUT2D eigenvalue weighted by molar-refractivity contribution is 7.16. The number of amides is 1. The van der Waals surface area contributed by atoms with Gasteiger partial charge < -0.3 is 14.8 Å². The van der Waals surface area contributed by atoms with E-state index in [0.29, 0.717) is 28.5 Å². The Balaban J connectivity index is 2.32. The van der Waals surface area contributed by atoms with Crippen LogP contribution in [0.25, 0.3) is 0 Å². The first-order valence-corrected chi connectivity index (χ1v) is 9.13. The van der Waals surface area contributed by atoms with Gasteiger partial charge in [0.15, 0.2) is 0 Å². The lowest BCUT2D eigenvalue weighted by Gasteiger charge is -2.10. The molecule has 0 aliphatic rings. The first kappa shape index (κ1) is 19.0. The van der Waals surface area contributed by atoms with Gasteiger partial charge in [-0.2, -0.15) is 0 Å². The van der Waals surface area contributed by atoms with E-state index in [1.165, 1.54) is 11.3 Å². The highest BCUT2D eigenvalue weighted by Gasteiger charge is 2.21. The standard InChI is InChI=1S/C19H23NO4S/c1-5-23-15-10-8-7-9-13(15)17(21)20-18-14(19(22)24-6-2)11-16(25-18)12(3)4/h7-12H,5-6H2,1-4H3,(H,20,21). The summed E-state index contributed by atoms with van der Waals surface area (Å²) in [6, 6.07) is 8.82. The molecule has 0 spiro atoms. The Hall–Kier alpha value is -2.34. The van der Waals surface area contributed by atoms with Gasteiger partial charge in [0.05, 0.1) is 24.3 Å². The van der Waals surface area contributed by atoms with Gasteiger partial charge in [-0.25, -0.2) is 4.79 Å². The third-order valence-electron chi connectivity index (χ3n) is 3.47. The molecule has 134 valence electrons. The van der Waals surface area contributed by atoms with Crippen molar-refractivity contribution in [1.82, 2.24) is 0 Å². The van der Waals surface area contributed by atoms with Gasteiger partial charge in [-0.15, -0.1) is 11.3 Å². The monoisotopic (exact) mass is 361 g/mol. The molecule has 1 N–H and O–H groups in total. The van der Waals surface area contributed by atoms with Gasteiger partial charge in [0.2, 0.25) is 0 Å². The number of carbonyl (C=O) groups excluding carboxylic acids is 2. The summed E-state index contributed by atoms with van der Waals surface area (Å²) in [6.45, 7) is 8.45. The topological polar surface area (TPSA) is 64.6 Å². The van der Waals surface area contributed by atoms with Crippen LogP contribution in [0.2, 0.25) is 0 Å². The molecular formula is C19H23NO4S. The minimum absolute atomic E-state index is 0.250. The number of para-hydroxylation sites is 1. The summed E-state index contributed by atoms with van der Waals surface area (Å²) in [5, 5.41) is 3.34. The fourth-order valence-corrected chi connectivity index (χ4v) is 3.30. The number of thiophene rings is 1. The predicted molar refractivity (Wildman–Crippen MR) is 99.9 cm³/mol. The van der Waals surface area contributed by atoms with Crippen LogP contribution in [0.4, 0.5) is 5.00 Å². The molecule has 0 radical (unpaired) electrons. The van der Waals surface area contributed by atoms with E-state index in [2.05, 4.69) is 5.32 Å². The number of carbonyl (C=O) groups is 2. The smallest absolute Gasteiger partial charge is 0.341 e. The molecule has 5 nitrogen and oxygen atoms in total. The summed E-state index contributed by atoms with van der Waals surface area (Å²) in [5.41, 5.74) is 0.816. The van der Waals surface area contributed by atoms with Crippen LogP contribution >= 0.6 is 11.3 Å². The van der Waals surface area contributed by atoms with Crippen LogP contribution in [0, 0.1) is 0 Å². The van der Waals surface area contributed by atoms with E-state index in [1.54, 1.807) is 31.2 Å². The summed E-state index contributed by atoms with van der Waals surface area (Å²) in [5.74, 6) is 0.0196. The van der Waals surface area contributed by atoms with Gasteiger partial charge in [-0.05, 0) is 38.0 Å². The summed E-state index contributed by atoms with van der Waals surface area (Å²) in [4.78, 5) is 25.9. The van der Waals surface area contributed by atoms with E-state index in [4.69, 9.17) is 9.47 Å². The Morgan fingerprint density at radius 3 is 2.48 bits per heavy atom. The molecule has 2 rings (SSSR count). The summed E-state index contributed by atoms with van der Waals surface area (Å²) < 4.78 is 10.6. The normalized spacial score (nSPS) is 10.6. The second kappa shape index (κ2) is 8.67. The van der Waals surface area contributed by atoms with Crippen LogP contribution in [0.1, 0.15) is 59.2 Å². The van der Waals surface area contributed by atoms with E-state index in [9.17, 15) is 9.59 Å². The number of benzene rings is 1. The van der Waals surface area contributed by atoms with Crippen molar-refractivity contribution in [3.63, 3.8) is 0 Å². The average molecular weight is 361 g/mol. The molecule has 6 heteroatoms. The van der Waals surface area contributed by atoms with Crippen molar-refractivity contribution in [1.29, 1.82) is 0 Å². The van der Waals surface area contributed by atoms with Gasteiger partial charge in [0.1, 0.15) is 10.8 Å². The molecule has 2 aromatic rings. The minimum Gasteiger partial charge on any atom is -0.493 e. The zero-order valence-corrected chi connectivity index (χ0v) is 15.7. The number of hydrogen-bond donors (Lipinski definition) is 1. The van der Waals surface area contributed by atoms with Crippen molar-refractivity contribution in [3.05, 3.63) is 46.3 Å². The molecule has 0 fully saturated rings. The van der Waals surface area contributed by atoms with Crippen LogP contribution in [-0.4, -0.2) is 25.1 Å². The summed E-state index contributed by atoms with van der Waals surface area (Å²) in [7, 11) is 0. The van der Waals surface area contributed by atoms with Crippen molar-refractivity contribution < 1.29 is 19.1 Å². The Bertz CT molecular complexity index is 752. The Morgan fingerprint density at radius 2 is 1.84 bits per heavy atom. The maximum Gasteiger partial charge on any atom is 0.341 e. The zero-order valence-electron chi connectivity index (χ0n) is 14.9. The maximum absolute atomic E-state index is 12.7. The van der Waals surface area contributed by atoms with Gasteiger partial charge in [-0.3, -0.25) is 4.79 Å². The van der Waals surface area contributed by atoms with Gasteiger partial charge in [0.25, 0.3) is 5.91 Å². The lowest BCUT2D eigenvalue weighted by atomic mass is 10.1. The first-order valence-electron chi connectivity index (χ1n) is 8.31. The molecule has 1 aromatic heterocycles. The van der Waals surface area contributed by atoms with Gasteiger partial charge in [0, 0.05) is 4.88 Å². The van der Waals surface area contributed by atoms with E-state index in [1.807, 2.05) is 26.8 Å². The van der Waals surface area contributed by atoms with E-state index in [-0.39, 0.29) is 18.4 Å². The molecule has 0 aliphatic heterocycles. The lowest BCUT2D eigenvalue weighted by molar-refractivity contribution is 0.0528. The fraction of sp³-hybridized carbons (Fsp3) is 0.368. The number of ether oxygens (including phenoxy) is 2. The fourth-order valence-electron chi connectivity index (χ4n) is 2.25. The van der Waals surface area contributed by atoms with Crippen molar-refractivity contribution in [2.24, 2.45) is 0 Å². The zero-order chi connectivity index (χ0) is 18.4. The third kappa shape index (κ3) is 4.60. The molecule has 0 aliphatic carbocycles. The van der Waals surface area contributed by atoms with Crippen molar-refractivity contribution in [3.8, 4) is 5.75 Å². The molecule has 25 heavy (non-hydrogen) atoms. The van der Waals surface area contributed by atoms with Crippen LogP contribution < -0.4 is 10.1 Å². The molecule has 0 saturated heterocycles. The molecule has 0 saturated carbocycles. The molecule has 1 heterocycles. The number of hydrogen-bond acceptors (Lipinski definition) is 5. The lowest BCUT2D eigenvalue weighted by Crippen LogP contribution is -2.15. The third-order valence-corrected chi connectivity index (χ3v) is 4.83. The van der Waals surface area contributed by atoms with Crippen LogP contribution in [0.15, 0.2) is 30.3 Å². The molecule has 1 amide bonds. The predicted octanol–water partition coefficient (Wildman–Crippen LogP) is 4.70. The molecular weight excluding hydrogens is 338 g/mol. The molecule has 0 bridgehead atoms. The maximum atomic E-state index is 12.7. The number of esters is 1. The van der Waals surface area contributed by atoms with E-state index < -0.39 is 5.97 Å². The van der Waals surface area contributed by atoms with Crippen LogP contribution in [0.5, 0.6) is 5.75 Å². The summed E-state index contributed by atoms with van der Waals surface area (Å²) >= 11 is 1.39. The van der Waals surface area contributed by atoms with Crippen molar-refractivity contribution >= 4 is 28.2 Å². The van der Waals surface area contributed by atoms with Crippen LogP contribution in [0.3, 0.4) is 0 Å². The van der Waals surface area contributed by atoms with E-state index >= 15 is 0 Å². The Labute approximate surface area is 152 Å². The highest BCUT2D eigenvalue weighted by atomic mass is 32.1. The Morgan fingerprint density at radius 1 is 1.12 bits per heavy atom. The quantitative estimate of drug-likeness (QED) is 0.726. The minimum atomic E-state index is -0.431. The van der Waals surface area contributed by atoms with Crippen molar-refractivity contribution in [2.45, 2.75) is 33.6 Å².